The van der Waals surface area contributed by atoms with Gasteiger partial charge in [0.15, 0.2) is 0 Å². The number of carbonyl (C=O) groups is 1. The van der Waals surface area contributed by atoms with Crippen molar-refractivity contribution in [1.29, 1.82) is 0 Å². The van der Waals surface area contributed by atoms with Gasteiger partial charge in [0.25, 0.3) is 5.91 Å². The number of amides is 1. The van der Waals surface area contributed by atoms with Gasteiger partial charge in [0.2, 0.25) is 0 Å². The van der Waals surface area contributed by atoms with Crippen molar-refractivity contribution >= 4 is 5.91 Å². The van der Waals surface area contributed by atoms with E-state index in [1.165, 1.54) is 100 Å². The quantitative estimate of drug-likeness (QED) is 0.0484. The molecule has 3 aromatic carbocycles. The third-order valence-electron chi connectivity index (χ3n) is 11.7. The molecule has 1 amide bonds. The molecule has 2 heterocycles. The van der Waals surface area contributed by atoms with E-state index in [1.54, 1.807) is 0 Å². The van der Waals surface area contributed by atoms with Crippen molar-refractivity contribution < 1.29 is 4.79 Å². The van der Waals surface area contributed by atoms with Crippen molar-refractivity contribution in [3.8, 4) is 22.5 Å². The van der Waals surface area contributed by atoms with Crippen LogP contribution in [-0.4, -0.2) is 82.9 Å². The first-order valence-electron chi connectivity index (χ1n) is 24.5. The number of pyridine rings is 2. The Balaban J connectivity index is 0.000000302. The molecule has 0 radical (unpaired) electrons. The number of carbonyl (C=O) groups excluding carboxylic acids is 1. The summed E-state index contributed by atoms with van der Waals surface area (Å²) in [5.41, 5.74) is 8.83. The number of rotatable bonds is 29. The van der Waals surface area contributed by atoms with Crippen LogP contribution in [0.2, 0.25) is 0 Å². The minimum atomic E-state index is 0.116. The van der Waals surface area contributed by atoms with Gasteiger partial charge >= 0.3 is 0 Å². The van der Waals surface area contributed by atoms with Gasteiger partial charge in [0, 0.05) is 68.4 Å². The van der Waals surface area contributed by atoms with Crippen LogP contribution in [0.15, 0.2) is 122 Å². The zero-order chi connectivity index (χ0) is 44.7. The fourth-order valence-corrected chi connectivity index (χ4v) is 7.62. The van der Waals surface area contributed by atoms with Crippen molar-refractivity contribution in [1.82, 2.24) is 30.0 Å². The van der Waals surface area contributed by atoms with Crippen LogP contribution in [0.4, 0.5) is 0 Å². The highest BCUT2D eigenvalue weighted by molar-refractivity contribution is 5.94. The summed E-state index contributed by atoms with van der Waals surface area (Å²) in [7, 11) is 0. The first kappa shape index (κ1) is 50.9. The van der Waals surface area contributed by atoms with Crippen molar-refractivity contribution in [2.75, 3.05) is 52.4 Å². The number of hydrogen-bond donors (Lipinski definition) is 1. The SMILES string of the molecule is CCCCCc1ccc(C(=O)N(CCN(CCCC)CCCC)Cc2ccc(-c3ccccn3)cc2)cc1.CCCCN(CCCC)CCNCc1ccc(-c2ccccn2)cc1. The molecule has 0 saturated heterocycles. The lowest BCUT2D eigenvalue weighted by molar-refractivity contribution is 0.0720. The maximum Gasteiger partial charge on any atom is 0.254 e. The van der Waals surface area contributed by atoms with Gasteiger partial charge in [-0.2, -0.15) is 0 Å². The highest BCUT2D eigenvalue weighted by Crippen LogP contribution is 2.20. The molecule has 0 atom stereocenters. The Morgan fingerprint density at radius 2 is 0.952 bits per heavy atom. The summed E-state index contributed by atoms with van der Waals surface area (Å²) < 4.78 is 0. The zero-order valence-electron chi connectivity index (χ0n) is 39.7. The minimum absolute atomic E-state index is 0.116. The number of unbranched alkanes of at least 4 members (excludes halogenated alkanes) is 6. The number of hydrogen-bond acceptors (Lipinski definition) is 6. The van der Waals surface area contributed by atoms with E-state index < -0.39 is 0 Å². The molecule has 5 aromatic rings. The van der Waals surface area contributed by atoms with Gasteiger partial charge in [0.05, 0.1) is 11.4 Å². The summed E-state index contributed by atoms with van der Waals surface area (Å²) in [5, 5.41) is 3.59. The van der Waals surface area contributed by atoms with E-state index in [4.69, 9.17) is 0 Å². The Morgan fingerprint density at radius 3 is 1.43 bits per heavy atom. The summed E-state index contributed by atoms with van der Waals surface area (Å²) in [6, 6.07) is 37.5. The van der Waals surface area contributed by atoms with Crippen LogP contribution in [0.3, 0.4) is 0 Å². The summed E-state index contributed by atoms with van der Waals surface area (Å²) in [6.07, 6.45) is 18.4. The van der Waals surface area contributed by atoms with Gasteiger partial charge in [0.1, 0.15) is 0 Å². The van der Waals surface area contributed by atoms with Crippen molar-refractivity contribution in [2.24, 2.45) is 0 Å². The fraction of sp³-hybridized carbons (Fsp3) is 0.482. The van der Waals surface area contributed by atoms with E-state index in [0.29, 0.717) is 6.54 Å². The van der Waals surface area contributed by atoms with Gasteiger partial charge in [-0.3, -0.25) is 14.8 Å². The molecule has 63 heavy (non-hydrogen) atoms. The maximum atomic E-state index is 13.7. The van der Waals surface area contributed by atoms with Crippen LogP contribution < -0.4 is 5.32 Å². The van der Waals surface area contributed by atoms with Crippen LogP contribution in [0.5, 0.6) is 0 Å². The molecule has 5 rings (SSSR count). The largest absolute Gasteiger partial charge is 0.333 e. The second-order valence-electron chi connectivity index (χ2n) is 17.0. The predicted molar refractivity (Wildman–Crippen MR) is 268 cm³/mol. The van der Waals surface area contributed by atoms with Crippen LogP contribution >= 0.6 is 0 Å². The van der Waals surface area contributed by atoms with Crippen molar-refractivity contribution in [2.45, 2.75) is 125 Å². The Kier molecular flexibility index (Phi) is 25.2. The van der Waals surface area contributed by atoms with E-state index in [0.717, 1.165) is 80.3 Å². The van der Waals surface area contributed by atoms with Crippen LogP contribution in [0.25, 0.3) is 22.5 Å². The number of nitrogens with zero attached hydrogens (tertiary/aromatic N) is 5. The summed E-state index contributed by atoms with van der Waals surface area (Å²) >= 11 is 0. The molecule has 0 spiro atoms. The molecule has 0 unspecified atom stereocenters. The van der Waals surface area contributed by atoms with Gasteiger partial charge in [-0.25, -0.2) is 0 Å². The normalized spacial score (nSPS) is 11.2. The lowest BCUT2D eigenvalue weighted by Crippen LogP contribution is -2.39. The Morgan fingerprint density at radius 1 is 0.476 bits per heavy atom. The van der Waals surface area contributed by atoms with E-state index in [2.05, 4.69) is 126 Å². The van der Waals surface area contributed by atoms with E-state index in [9.17, 15) is 4.79 Å². The summed E-state index contributed by atoms with van der Waals surface area (Å²) in [5.74, 6) is 0.116. The first-order chi connectivity index (χ1) is 31.0. The molecule has 340 valence electrons. The summed E-state index contributed by atoms with van der Waals surface area (Å²) in [4.78, 5) is 29.8. The van der Waals surface area contributed by atoms with E-state index in [1.807, 2.05) is 59.8 Å². The topological polar surface area (TPSA) is 64.6 Å². The van der Waals surface area contributed by atoms with Gasteiger partial charge < -0.3 is 20.0 Å². The van der Waals surface area contributed by atoms with Gasteiger partial charge in [-0.1, -0.05) is 146 Å². The fourth-order valence-electron chi connectivity index (χ4n) is 7.62. The molecule has 1 N–H and O–H groups in total. The molecule has 0 bridgehead atoms. The molecule has 0 aliphatic rings. The predicted octanol–water partition coefficient (Wildman–Crippen LogP) is 12.8. The third-order valence-corrected chi connectivity index (χ3v) is 11.7. The number of aromatic nitrogens is 2. The number of aryl methyl sites for hydroxylation is 1. The standard InChI is InChI=1S/C34H47N3O.C22H33N3/c1-4-7-10-13-29-15-21-32(22-16-29)34(38)37(27-26-36(24-8-5-2)25-9-6-3)28-30-17-19-31(20-18-30)33-14-11-12-23-35-33;1-3-5-16-25(17-6-4-2)18-15-23-19-20-10-12-21(13-11-20)22-9-7-8-14-24-22/h11-12,14-23H,4-10,13,24-28H2,1-3H3;7-14,23H,3-6,15-19H2,1-2H3. The molecule has 0 aliphatic carbocycles. The smallest absolute Gasteiger partial charge is 0.254 e. The van der Waals surface area contributed by atoms with Gasteiger partial charge in [-0.15, -0.1) is 0 Å². The average molecular weight is 853 g/mol. The monoisotopic (exact) mass is 853 g/mol. The lowest BCUT2D eigenvalue weighted by atomic mass is 10.0. The third kappa shape index (κ3) is 19.7. The van der Waals surface area contributed by atoms with Crippen molar-refractivity contribution in [3.05, 3.63) is 144 Å². The van der Waals surface area contributed by atoms with Crippen LogP contribution in [0, 0.1) is 0 Å². The number of benzene rings is 3. The maximum absolute atomic E-state index is 13.7. The van der Waals surface area contributed by atoms with Gasteiger partial charge in [-0.05, 0) is 118 Å². The van der Waals surface area contributed by atoms with Crippen LogP contribution in [-0.2, 0) is 19.5 Å². The molecule has 7 nitrogen and oxygen atoms in total. The first-order valence-corrected chi connectivity index (χ1v) is 24.5. The highest BCUT2D eigenvalue weighted by Gasteiger charge is 2.18. The van der Waals surface area contributed by atoms with E-state index >= 15 is 0 Å². The average Bonchev–Trinajstić information content (AvgIpc) is 3.34. The second kappa shape index (κ2) is 31.2. The van der Waals surface area contributed by atoms with Crippen molar-refractivity contribution in [3.63, 3.8) is 0 Å². The molecular weight excluding hydrogens is 773 g/mol. The van der Waals surface area contributed by atoms with Crippen LogP contribution in [0.1, 0.15) is 132 Å². The molecule has 0 fully saturated rings. The number of nitrogens with one attached hydrogen (secondary N) is 1. The lowest BCUT2D eigenvalue weighted by Gasteiger charge is -2.28. The molecule has 0 aliphatic heterocycles. The molecule has 7 heteroatoms. The Bertz CT molecular complexity index is 1870. The Hall–Kier alpha value is -4.69. The Labute approximate surface area is 382 Å². The molecule has 2 aromatic heterocycles. The summed E-state index contributed by atoms with van der Waals surface area (Å²) in [6.45, 7) is 21.3. The minimum Gasteiger partial charge on any atom is -0.333 e. The zero-order valence-corrected chi connectivity index (χ0v) is 39.7. The molecular formula is C56H80N6O. The van der Waals surface area contributed by atoms with E-state index in [-0.39, 0.29) is 5.91 Å². The second-order valence-corrected chi connectivity index (χ2v) is 17.0. The molecule has 0 saturated carbocycles. The highest BCUT2D eigenvalue weighted by atomic mass is 16.2.